The van der Waals surface area contributed by atoms with Gasteiger partial charge in [0.2, 0.25) is 0 Å². The van der Waals surface area contributed by atoms with Crippen molar-refractivity contribution >= 4 is 17.2 Å². The number of hydrogen-bond donors (Lipinski definition) is 1. The summed E-state index contributed by atoms with van der Waals surface area (Å²) in [5, 5.41) is 3.14. The molecule has 0 aliphatic heterocycles. The van der Waals surface area contributed by atoms with E-state index in [9.17, 15) is 26.3 Å². The average Bonchev–Trinajstić information content (AvgIpc) is 2.88. The second-order valence-electron chi connectivity index (χ2n) is 8.95. The van der Waals surface area contributed by atoms with Crippen LogP contribution in [0.2, 0.25) is 0 Å². The van der Waals surface area contributed by atoms with Crippen molar-refractivity contribution < 1.29 is 26.3 Å². The molecule has 0 unspecified atom stereocenters. The van der Waals surface area contributed by atoms with E-state index in [4.69, 9.17) is 18.6 Å². The summed E-state index contributed by atoms with van der Waals surface area (Å²) in [6.45, 7) is 0. The standard InChI is InChI=1S/C31H21F6NS/c1-2-6-21-15-24(18-26(33)16-21)30(19-20-7-4-3-5-8-20,23-10-12-25(32)13-11-23)38-29(39)22-9-14-28(34)27(17-22)31(35,36)37/h1,3-5,7-18H,6,19H2,(H,38,39)/t30-/m1/s1. The minimum atomic E-state index is -4.94. The summed E-state index contributed by atoms with van der Waals surface area (Å²) in [4.78, 5) is -0.150. The summed E-state index contributed by atoms with van der Waals surface area (Å²) >= 11 is 5.55. The van der Waals surface area contributed by atoms with Gasteiger partial charge < -0.3 is 5.32 Å². The fourth-order valence-corrected chi connectivity index (χ4v) is 4.76. The fourth-order valence-electron chi connectivity index (χ4n) is 4.46. The highest BCUT2D eigenvalue weighted by Crippen LogP contribution is 2.37. The molecular formula is C31H21F6NS. The molecule has 4 aromatic rings. The normalized spacial score (nSPS) is 12.8. The molecule has 0 aromatic heterocycles. The minimum absolute atomic E-state index is 0.0986. The third-order valence-corrected chi connectivity index (χ3v) is 6.60. The van der Waals surface area contributed by atoms with E-state index in [0.29, 0.717) is 28.8 Å². The van der Waals surface area contributed by atoms with Crippen molar-refractivity contribution in [2.24, 2.45) is 0 Å². The summed E-state index contributed by atoms with van der Waals surface area (Å²) in [6, 6.07) is 21.2. The van der Waals surface area contributed by atoms with Gasteiger partial charge in [0.15, 0.2) is 0 Å². The van der Waals surface area contributed by atoms with Crippen molar-refractivity contribution in [3.05, 3.63) is 142 Å². The monoisotopic (exact) mass is 553 g/mol. The zero-order valence-corrected chi connectivity index (χ0v) is 21.1. The molecule has 0 fully saturated rings. The average molecular weight is 554 g/mol. The molecule has 198 valence electrons. The van der Waals surface area contributed by atoms with Crippen LogP contribution in [0.25, 0.3) is 0 Å². The van der Waals surface area contributed by atoms with Gasteiger partial charge in [0, 0.05) is 18.4 Å². The van der Waals surface area contributed by atoms with Gasteiger partial charge in [0.1, 0.15) is 22.4 Å². The van der Waals surface area contributed by atoms with Gasteiger partial charge in [-0.05, 0) is 64.7 Å². The first-order valence-corrected chi connectivity index (χ1v) is 12.2. The van der Waals surface area contributed by atoms with E-state index in [1.165, 1.54) is 36.4 Å². The van der Waals surface area contributed by atoms with Crippen LogP contribution in [0.15, 0.2) is 91.0 Å². The van der Waals surface area contributed by atoms with Gasteiger partial charge in [-0.25, -0.2) is 13.2 Å². The number of hydrogen-bond acceptors (Lipinski definition) is 1. The fraction of sp³-hybridized carbons (Fsp3) is 0.129. The van der Waals surface area contributed by atoms with E-state index in [-0.39, 0.29) is 23.4 Å². The van der Waals surface area contributed by atoms with Crippen molar-refractivity contribution in [3.63, 3.8) is 0 Å². The van der Waals surface area contributed by atoms with Crippen LogP contribution in [0.5, 0.6) is 0 Å². The molecular weight excluding hydrogens is 532 g/mol. The highest BCUT2D eigenvalue weighted by atomic mass is 32.1. The van der Waals surface area contributed by atoms with Crippen LogP contribution < -0.4 is 5.32 Å². The van der Waals surface area contributed by atoms with Crippen LogP contribution in [-0.4, -0.2) is 4.99 Å². The lowest BCUT2D eigenvalue weighted by atomic mass is 9.77. The summed E-state index contributed by atoms with van der Waals surface area (Å²) in [6.07, 6.45) is 0.785. The second-order valence-corrected chi connectivity index (χ2v) is 9.36. The van der Waals surface area contributed by atoms with Crippen LogP contribution in [0.4, 0.5) is 26.3 Å². The number of benzene rings is 4. The Morgan fingerprint density at radius 3 is 2.10 bits per heavy atom. The maximum absolute atomic E-state index is 14.9. The largest absolute Gasteiger partial charge is 0.419 e. The van der Waals surface area contributed by atoms with Gasteiger partial charge in [-0.3, -0.25) is 0 Å². The molecule has 0 aliphatic carbocycles. The predicted octanol–water partition coefficient (Wildman–Crippen LogP) is 7.75. The van der Waals surface area contributed by atoms with Crippen LogP contribution in [0, 0.1) is 29.8 Å². The Bertz CT molecular complexity index is 1520. The third-order valence-electron chi connectivity index (χ3n) is 6.27. The Kier molecular flexibility index (Phi) is 8.12. The zero-order valence-electron chi connectivity index (χ0n) is 20.3. The predicted molar refractivity (Wildman–Crippen MR) is 143 cm³/mol. The summed E-state index contributed by atoms with van der Waals surface area (Å²) in [7, 11) is 0. The topological polar surface area (TPSA) is 12.0 Å². The third kappa shape index (κ3) is 6.32. The Hall–Kier alpha value is -4.09. The molecule has 0 radical (unpaired) electrons. The number of halogens is 6. The number of terminal acetylenes is 1. The van der Waals surface area contributed by atoms with Crippen molar-refractivity contribution in [2.45, 2.75) is 24.6 Å². The Morgan fingerprint density at radius 1 is 0.769 bits per heavy atom. The molecule has 1 N–H and O–H groups in total. The van der Waals surface area contributed by atoms with E-state index in [2.05, 4.69) is 11.2 Å². The molecule has 1 atom stereocenters. The second kappa shape index (κ2) is 11.3. The molecule has 39 heavy (non-hydrogen) atoms. The van der Waals surface area contributed by atoms with Gasteiger partial charge in [-0.1, -0.05) is 60.7 Å². The van der Waals surface area contributed by atoms with Crippen molar-refractivity contribution in [1.29, 1.82) is 0 Å². The van der Waals surface area contributed by atoms with Crippen LogP contribution in [0.3, 0.4) is 0 Å². The molecule has 0 heterocycles. The molecule has 0 saturated carbocycles. The molecule has 0 aliphatic rings. The molecule has 0 saturated heterocycles. The van der Waals surface area contributed by atoms with Crippen LogP contribution in [0.1, 0.15) is 33.4 Å². The quantitative estimate of drug-likeness (QED) is 0.143. The first-order chi connectivity index (χ1) is 18.5. The van der Waals surface area contributed by atoms with Crippen LogP contribution >= 0.6 is 12.2 Å². The lowest BCUT2D eigenvalue weighted by Crippen LogP contribution is -2.48. The Balaban J connectivity index is 1.95. The van der Waals surface area contributed by atoms with E-state index in [1.807, 2.05) is 18.2 Å². The van der Waals surface area contributed by atoms with Gasteiger partial charge >= 0.3 is 6.18 Å². The zero-order chi connectivity index (χ0) is 28.2. The maximum atomic E-state index is 14.9. The van der Waals surface area contributed by atoms with E-state index >= 15 is 0 Å². The van der Waals surface area contributed by atoms with Gasteiger partial charge in [0.25, 0.3) is 0 Å². The molecule has 0 amide bonds. The van der Waals surface area contributed by atoms with E-state index < -0.39 is 34.7 Å². The molecule has 0 spiro atoms. The van der Waals surface area contributed by atoms with Crippen LogP contribution in [-0.2, 0) is 24.6 Å². The number of thiocarbonyl (C=S) groups is 1. The molecule has 4 aromatic carbocycles. The number of nitrogens with one attached hydrogen (secondary N) is 1. The van der Waals surface area contributed by atoms with Gasteiger partial charge in [-0.2, -0.15) is 13.2 Å². The SMILES string of the molecule is C#CCc1cc(F)cc([C@](Cc2ccccc2)(NC(=S)c2ccc(F)c(C(F)(F)F)c2)c2ccc(F)cc2)c1. The molecule has 1 nitrogen and oxygen atoms in total. The highest BCUT2D eigenvalue weighted by Gasteiger charge is 2.38. The Labute approximate surface area is 227 Å². The molecule has 0 bridgehead atoms. The first-order valence-electron chi connectivity index (χ1n) is 11.7. The molecule has 8 heteroatoms. The lowest BCUT2D eigenvalue weighted by molar-refractivity contribution is -0.140. The first kappa shape index (κ1) is 27.9. The van der Waals surface area contributed by atoms with Crippen molar-refractivity contribution in [3.8, 4) is 12.3 Å². The van der Waals surface area contributed by atoms with Gasteiger partial charge in [-0.15, -0.1) is 12.3 Å². The smallest absolute Gasteiger partial charge is 0.362 e. The number of alkyl halides is 3. The van der Waals surface area contributed by atoms with Crippen molar-refractivity contribution in [1.82, 2.24) is 5.32 Å². The molecule has 4 rings (SSSR count). The maximum Gasteiger partial charge on any atom is 0.419 e. The van der Waals surface area contributed by atoms with Gasteiger partial charge in [0.05, 0.1) is 11.1 Å². The highest BCUT2D eigenvalue weighted by molar-refractivity contribution is 7.80. The van der Waals surface area contributed by atoms with E-state index in [1.54, 1.807) is 18.2 Å². The summed E-state index contributed by atoms with van der Waals surface area (Å²) in [5.41, 5.74) is -0.866. The lowest BCUT2D eigenvalue weighted by Gasteiger charge is -2.38. The minimum Gasteiger partial charge on any atom is -0.362 e. The Morgan fingerprint density at radius 2 is 1.46 bits per heavy atom. The summed E-state index contributed by atoms with van der Waals surface area (Å²) < 4.78 is 83.3. The summed E-state index contributed by atoms with van der Waals surface area (Å²) in [5.74, 6) is -0.0727. The van der Waals surface area contributed by atoms with E-state index in [0.717, 1.165) is 11.6 Å². The number of rotatable bonds is 7. The van der Waals surface area contributed by atoms with Crippen molar-refractivity contribution in [2.75, 3.05) is 0 Å².